The number of alkyl halides is 1. The largest absolute Gasteiger partial charge is 0.468 e. The summed E-state index contributed by atoms with van der Waals surface area (Å²) in [7, 11) is 1.30. The van der Waals surface area contributed by atoms with E-state index in [9.17, 15) is 14.3 Å². The van der Waals surface area contributed by atoms with Crippen LogP contribution in [0.1, 0.15) is 12.8 Å². The molecule has 0 spiro atoms. The number of nitrogens with zero attached hydrogens (tertiary/aromatic N) is 1. The first-order chi connectivity index (χ1) is 6.58. The summed E-state index contributed by atoms with van der Waals surface area (Å²) in [5.41, 5.74) is -0.895. The second-order valence-corrected chi connectivity index (χ2v) is 4.09. The molecular weight excluding hydrogens is 189 g/mol. The fourth-order valence-corrected chi connectivity index (χ4v) is 2.63. The third-order valence-corrected chi connectivity index (χ3v) is 3.15. The van der Waals surface area contributed by atoms with E-state index in [4.69, 9.17) is 0 Å². The minimum absolute atomic E-state index is 0.150. The smallest absolute Gasteiger partial charge is 0.326 e. The van der Waals surface area contributed by atoms with Crippen molar-refractivity contribution >= 4 is 5.97 Å². The Morgan fingerprint density at radius 2 is 2.29 bits per heavy atom. The monoisotopic (exact) mass is 203 g/mol. The van der Waals surface area contributed by atoms with E-state index >= 15 is 0 Å². The molecule has 1 N–H and O–H groups in total. The van der Waals surface area contributed by atoms with Crippen LogP contribution in [0.15, 0.2) is 0 Å². The van der Waals surface area contributed by atoms with Gasteiger partial charge >= 0.3 is 5.97 Å². The van der Waals surface area contributed by atoms with Crippen molar-refractivity contribution in [3.8, 4) is 0 Å². The summed E-state index contributed by atoms with van der Waals surface area (Å²) in [6, 6.07) is 0. The number of carbonyl (C=O) groups excluding carboxylic acids is 1. The first-order valence-corrected chi connectivity index (χ1v) is 4.74. The predicted octanol–water partition coefficient (Wildman–Crippen LogP) is -0.293. The normalized spacial score (nSPS) is 42.5. The molecule has 0 bridgehead atoms. The zero-order chi connectivity index (χ0) is 10.3. The molecule has 80 valence electrons. The van der Waals surface area contributed by atoms with Gasteiger partial charge in [-0.15, -0.1) is 0 Å². The van der Waals surface area contributed by atoms with Crippen molar-refractivity contribution < 1.29 is 19.0 Å². The molecule has 0 aromatic rings. The van der Waals surface area contributed by atoms with Gasteiger partial charge in [-0.05, 0) is 0 Å². The predicted molar refractivity (Wildman–Crippen MR) is 46.5 cm³/mol. The molecule has 2 heterocycles. The van der Waals surface area contributed by atoms with Crippen LogP contribution in [0.25, 0.3) is 0 Å². The maximum Gasteiger partial charge on any atom is 0.326 e. The van der Waals surface area contributed by atoms with Crippen LogP contribution in [0.3, 0.4) is 0 Å². The van der Waals surface area contributed by atoms with E-state index < -0.39 is 23.8 Å². The molecule has 0 saturated carbocycles. The fourth-order valence-electron chi connectivity index (χ4n) is 2.63. The Labute approximate surface area is 81.6 Å². The summed E-state index contributed by atoms with van der Waals surface area (Å²) >= 11 is 0. The first kappa shape index (κ1) is 9.86. The number of aliphatic hydroxyl groups is 1. The summed E-state index contributed by atoms with van der Waals surface area (Å²) in [6.07, 6.45) is -1.08. The van der Waals surface area contributed by atoms with Crippen LogP contribution >= 0.6 is 0 Å². The summed E-state index contributed by atoms with van der Waals surface area (Å²) < 4.78 is 17.9. The van der Waals surface area contributed by atoms with Crippen LogP contribution in [-0.4, -0.2) is 54.0 Å². The van der Waals surface area contributed by atoms with Crippen LogP contribution in [-0.2, 0) is 9.53 Å². The average molecular weight is 203 g/mol. The van der Waals surface area contributed by atoms with Crippen LogP contribution in [0.2, 0.25) is 0 Å². The molecular formula is C9H14FNO3. The molecule has 3 atom stereocenters. The Bertz CT molecular complexity index is 244. The summed E-state index contributed by atoms with van der Waals surface area (Å²) in [5.74, 6) is -0.422. The highest BCUT2D eigenvalue weighted by molar-refractivity contribution is 5.82. The number of fused-ring (bicyclic) bond motifs is 1. The van der Waals surface area contributed by atoms with Gasteiger partial charge in [0.05, 0.1) is 13.2 Å². The zero-order valence-corrected chi connectivity index (χ0v) is 8.07. The minimum atomic E-state index is -0.985. The number of rotatable bonds is 1. The van der Waals surface area contributed by atoms with Crippen molar-refractivity contribution in [1.82, 2.24) is 4.90 Å². The maximum atomic E-state index is 13.2. The van der Waals surface area contributed by atoms with Crippen molar-refractivity contribution in [3.05, 3.63) is 0 Å². The lowest BCUT2D eigenvalue weighted by Crippen LogP contribution is -2.46. The van der Waals surface area contributed by atoms with Crippen molar-refractivity contribution in [3.63, 3.8) is 0 Å². The van der Waals surface area contributed by atoms with Crippen molar-refractivity contribution in [2.24, 2.45) is 0 Å². The molecule has 1 unspecified atom stereocenters. The fraction of sp³-hybridized carbons (Fsp3) is 0.889. The van der Waals surface area contributed by atoms with Crippen LogP contribution in [0, 0.1) is 0 Å². The molecule has 14 heavy (non-hydrogen) atoms. The van der Waals surface area contributed by atoms with Crippen molar-refractivity contribution in [1.29, 1.82) is 0 Å². The van der Waals surface area contributed by atoms with Gasteiger partial charge in [-0.3, -0.25) is 9.69 Å². The third kappa shape index (κ3) is 1.23. The lowest BCUT2D eigenvalue weighted by Gasteiger charge is -2.27. The number of esters is 1. The number of hydrogen-bond donors (Lipinski definition) is 1. The Kier molecular flexibility index (Phi) is 2.23. The number of methoxy groups -OCH3 is 1. The Balaban J connectivity index is 2.24. The van der Waals surface area contributed by atoms with Gasteiger partial charge in [0, 0.05) is 25.9 Å². The van der Waals surface area contributed by atoms with Gasteiger partial charge in [0.2, 0.25) is 0 Å². The van der Waals surface area contributed by atoms with Gasteiger partial charge in [0.1, 0.15) is 11.7 Å². The van der Waals surface area contributed by atoms with E-state index in [2.05, 4.69) is 4.74 Å². The maximum absolute atomic E-state index is 13.2. The van der Waals surface area contributed by atoms with Gasteiger partial charge < -0.3 is 9.84 Å². The highest BCUT2D eigenvalue weighted by Gasteiger charge is 2.57. The molecule has 0 aromatic carbocycles. The Morgan fingerprint density at radius 1 is 1.57 bits per heavy atom. The van der Waals surface area contributed by atoms with Gasteiger partial charge in [0.15, 0.2) is 0 Å². The minimum Gasteiger partial charge on any atom is -0.468 e. The third-order valence-electron chi connectivity index (χ3n) is 3.15. The van der Waals surface area contributed by atoms with Crippen LogP contribution < -0.4 is 0 Å². The van der Waals surface area contributed by atoms with E-state index in [1.165, 1.54) is 7.11 Å². The number of halogens is 1. The van der Waals surface area contributed by atoms with Crippen LogP contribution in [0.4, 0.5) is 4.39 Å². The summed E-state index contributed by atoms with van der Waals surface area (Å²) in [4.78, 5) is 13.3. The second-order valence-electron chi connectivity index (χ2n) is 4.09. The molecule has 2 aliphatic rings. The number of carbonyl (C=O) groups is 1. The number of ether oxygens (including phenoxy) is 1. The van der Waals surface area contributed by atoms with Crippen molar-refractivity contribution in [2.45, 2.75) is 30.7 Å². The molecule has 2 aliphatic heterocycles. The average Bonchev–Trinajstić information content (AvgIpc) is 2.55. The van der Waals surface area contributed by atoms with E-state index in [0.29, 0.717) is 13.0 Å². The lowest BCUT2D eigenvalue weighted by molar-refractivity contribution is -0.152. The molecule has 5 heteroatoms. The Hall–Kier alpha value is -0.680. The van der Waals surface area contributed by atoms with E-state index in [0.717, 1.165) is 0 Å². The number of β-amino-alcohol motifs (C(OH)–C–C–N with tert-alkyl or cyclic N) is 1. The lowest BCUT2D eigenvalue weighted by atomic mass is 9.93. The van der Waals surface area contributed by atoms with E-state index in [1.807, 2.05) is 0 Å². The first-order valence-electron chi connectivity index (χ1n) is 4.74. The molecule has 4 nitrogen and oxygen atoms in total. The summed E-state index contributed by atoms with van der Waals surface area (Å²) in [5, 5.41) is 9.46. The summed E-state index contributed by atoms with van der Waals surface area (Å²) in [6.45, 7) is 0.599. The van der Waals surface area contributed by atoms with E-state index in [1.54, 1.807) is 4.90 Å². The molecule has 0 radical (unpaired) electrons. The molecule has 2 fully saturated rings. The van der Waals surface area contributed by atoms with Crippen molar-refractivity contribution in [2.75, 3.05) is 20.2 Å². The number of aliphatic hydroxyl groups excluding tert-OH is 1. The molecule has 0 aliphatic carbocycles. The standard InChI is InChI=1S/C9H14FNO3/c1-14-8(13)9-2-6(10)4-11(9)5-7(12)3-9/h6-7,12H,2-5H2,1H3/t6-,7?,9-/m1/s1. The molecule has 0 aromatic heterocycles. The van der Waals surface area contributed by atoms with Gasteiger partial charge in [-0.25, -0.2) is 4.39 Å². The van der Waals surface area contributed by atoms with Gasteiger partial charge in [0.25, 0.3) is 0 Å². The SMILES string of the molecule is COC(=O)[C@@]12CC(O)CN1C[C@H](F)C2. The van der Waals surface area contributed by atoms with Gasteiger partial charge in [-0.2, -0.15) is 0 Å². The molecule has 2 saturated heterocycles. The highest BCUT2D eigenvalue weighted by atomic mass is 19.1. The van der Waals surface area contributed by atoms with E-state index in [-0.39, 0.29) is 13.0 Å². The number of hydrogen-bond acceptors (Lipinski definition) is 4. The Morgan fingerprint density at radius 3 is 2.93 bits per heavy atom. The van der Waals surface area contributed by atoms with Gasteiger partial charge in [-0.1, -0.05) is 0 Å². The highest BCUT2D eigenvalue weighted by Crippen LogP contribution is 2.40. The molecule has 2 rings (SSSR count). The second kappa shape index (κ2) is 3.17. The topological polar surface area (TPSA) is 49.8 Å². The van der Waals surface area contributed by atoms with Crippen LogP contribution in [0.5, 0.6) is 0 Å². The zero-order valence-electron chi connectivity index (χ0n) is 8.07. The quantitative estimate of drug-likeness (QED) is 0.595. The molecule has 0 amide bonds.